The highest BCUT2D eigenvalue weighted by Gasteiger charge is 2.46. The Bertz CT molecular complexity index is 307. The summed E-state index contributed by atoms with van der Waals surface area (Å²) in [7, 11) is 0. The molecule has 0 bridgehead atoms. The minimum absolute atomic E-state index is 0.0666. The van der Waals surface area contributed by atoms with Gasteiger partial charge in [-0.2, -0.15) is 0 Å². The molecule has 0 heterocycles. The lowest BCUT2D eigenvalue weighted by Crippen LogP contribution is -2.36. The van der Waals surface area contributed by atoms with Crippen LogP contribution in [0.3, 0.4) is 0 Å². The van der Waals surface area contributed by atoms with Crippen molar-refractivity contribution >= 4 is 0 Å². The number of hydrogen-bond donors (Lipinski definition) is 1. The van der Waals surface area contributed by atoms with E-state index in [1.54, 1.807) is 11.1 Å². The Labute approximate surface area is 59.9 Å². The zero-order valence-electron chi connectivity index (χ0n) is 5.72. The summed E-state index contributed by atoms with van der Waals surface area (Å²) in [5, 5.41) is 0. The van der Waals surface area contributed by atoms with Gasteiger partial charge in [0.25, 0.3) is 0 Å². The van der Waals surface area contributed by atoms with Crippen molar-refractivity contribution in [3.05, 3.63) is 34.9 Å². The standard InChI is InChI=1S/C9H9N/c10-9-3-1-2-8(9)7-4-6(7)5-9/h1-3H,4-5,10H2. The number of allylic oxidation sites excluding steroid dienone is 2. The summed E-state index contributed by atoms with van der Waals surface area (Å²) in [6.07, 6.45) is 8.69. The van der Waals surface area contributed by atoms with Gasteiger partial charge in [-0.15, -0.1) is 0 Å². The van der Waals surface area contributed by atoms with E-state index in [4.69, 9.17) is 5.73 Å². The van der Waals surface area contributed by atoms with Gasteiger partial charge >= 0.3 is 0 Å². The fraction of sp³-hybridized carbons (Fsp3) is 0.333. The molecule has 50 valence electrons. The van der Waals surface area contributed by atoms with E-state index >= 15 is 0 Å². The first-order valence-corrected chi connectivity index (χ1v) is 3.70. The van der Waals surface area contributed by atoms with Crippen molar-refractivity contribution in [3.8, 4) is 0 Å². The minimum Gasteiger partial charge on any atom is -0.318 e. The molecule has 1 atom stereocenters. The van der Waals surface area contributed by atoms with E-state index in [2.05, 4.69) is 18.2 Å². The van der Waals surface area contributed by atoms with Crippen LogP contribution in [0.4, 0.5) is 0 Å². The second-order valence-electron chi connectivity index (χ2n) is 3.42. The molecule has 0 aromatic carbocycles. The molecular formula is C9H9N. The van der Waals surface area contributed by atoms with Gasteiger partial charge in [-0.3, -0.25) is 0 Å². The first kappa shape index (κ1) is 4.91. The van der Waals surface area contributed by atoms with Crippen LogP contribution in [0.15, 0.2) is 34.9 Å². The van der Waals surface area contributed by atoms with E-state index in [9.17, 15) is 0 Å². The van der Waals surface area contributed by atoms with E-state index in [-0.39, 0.29) is 5.54 Å². The SMILES string of the molecule is NC12C=CC=C1C1=C(C1)C2. The highest BCUT2D eigenvalue weighted by molar-refractivity contribution is 5.66. The van der Waals surface area contributed by atoms with Crippen molar-refractivity contribution in [2.24, 2.45) is 5.73 Å². The van der Waals surface area contributed by atoms with Gasteiger partial charge < -0.3 is 5.73 Å². The number of rotatable bonds is 0. The van der Waals surface area contributed by atoms with Gasteiger partial charge in [-0.25, -0.2) is 0 Å². The summed E-state index contributed by atoms with van der Waals surface area (Å²) in [5.74, 6) is 0. The Morgan fingerprint density at radius 3 is 3.20 bits per heavy atom. The Morgan fingerprint density at radius 2 is 2.40 bits per heavy atom. The third-order valence-corrected chi connectivity index (χ3v) is 2.68. The zero-order chi connectivity index (χ0) is 6.77. The summed E-state index contributed by atoms with van der Waals surface area (Å²) < 4.78 is 0. The summed E-state index contributed by atoms with van der Waals surface area (Å²) in [4.78, 5) is 0. The fourth-order valence-corrected chi connectivity index (χ4v) is 2.07. The van der Waals surface area contributed by atoms with Crippen molar-refractivity contribution in [1.82, 2.24) is 0 Å². The first-order valence-electron chi connectivity index (χ1n) is 3.70. The lowest BCUT2D eigenvalue weighted by Gasteiger charge is -2.21. The minimum atomic E-state index is -0.0666. The van der Waals surface area contributed by atoms with Gasteiger partial charge in [0.2, 0.25) is 0 Å². The Morgan fingerprint density at radius 1 is 1.50 bits per heavy atom. The van der Waals surface area contributed by atoms with Crippen molar-refractivity contribution in [2.45, 2.75) is 18.4 Å². The van der Waals surface area contributed by atoms with Crippen molar-refractivity contribution in [3.63, 3.8) is 0 Å². The normalized spacial score (nSPS) is 39.9. The van der Waals surface area contributed by atoms with Crippen LogP contribution in [0.2, 0.25) is 0 Å². The van der Waals surface area contributed by atoms with Crippen LogP contribution < -0.4 is 5.73 Å². The Balaban J connectivity index is 2.19. The van der Waals surface area contributed by atoms with Crippen LogP contribution in [0, 0.1) is 0 Å². The fourth-order valence-electron chi connectivity index (χ4n) is 2.07. The van der Waals surface area contributed by atoms with Gasteiger partial charge in [0, 0.05) is 0 Å². The van der Waals surface area contributed by atoms with Gasteiger partial charge in [-0.1, -0.05) is 23.8 Å². The molecule has 0 aromatic rings. The number of fused-ring (bicyclic) bond motifs is 2. The van der Waals surface area contributed by atoms with Gasteiger partial charge in [0.15, 0.2) is 0 Å². The largest absolute Gasteiger partial charge is 0.318 e. The van der Waals surface area contributed by atoms with Crippen molar-refractivity contribution in [1.29, 1.82) is 0 Å². The number of nitrogens with two attached hydrogens (primary N) is 1. The van der Waals surface area contributed by atoms with Gasteiger partial charge in [0.1, 0.15) is 0 Å². The van der Waals surface area contributed by atoms with Crippen LogP contribution in [0.1, 0.15) is 12.8 Å². The maximum absolute atomic E-state index is 6.09. The molecule has 0 radical (unpaired) electrons. The molecule has 0 amide bonds. The molecule has 0 aliphatic heterocycles. The topological polar surface area (TPSA) is 26.0 Å². The second-order valence-corrected chi connectivity index (χ2v) is 3.42. The Kier molecular flexibility index (Phi) is 0.563. The second kappa shape index (κ2) is 1.15. The Hall–Kier alpha value is -0.820. The van der Waals surface area contributed by atoms with Crippen LogP contribution in [-0.2, 0) is 0 Å². The molecule has 2 N–H and O–H groups in total. The predicted molar refractivity (Wildman–Crippen MR) is 40.4 cm³/mol. The number of hydrogen-bond acceptors (Lipinski definition) is 1. The molecule has 3 aliphatic rings. The highest BCUT2D eigenvalue weighted by atomic mass is 14.8. The summed E-state index contributed by atoms with van der Waals surface area (Å²) >= 11 is 0. The van der Waals surface area contributed by atoms with E-state index in [1.165, 1.54) is 12.0 Å². The summed E-state index contributed by atoms with van der Waals surface area (Å²) in [6.45, 7) is 0. The smallest absolute Gasteiger partial charge is 0.0639 e. The summed E-state index contributed by atoms with van der Waals surface area (Å²) in [5.41, 5.74) is 10.6. The predicted octanol–water partition coefficient (Wildman–Crippen LogP) is 1.28. The molecule has 0 saturated carbocycles. The highest BCUT2D eigenvalue weighted by Crippen LogP contribution is 2.54. The first-order chi connectivity index (χ1) is 4.80. The van der Waals surface area contributed by atoms with Crippen LogP contribution >= 0.6 is 0 Å². The average molecular weight is 131 g/mol. The van der Waals surface area contributed by atoms with Crippen molar-refractivity contribution in [2.75, 3.05) is 0 Å². The molecule has 1 nitrogen and oxygen atoms in total. The summed E-state index contributed by atoms with van der Waals surface area (Å²) in [6, 6.07) is 0. The van der Waals surface area contributed by atoms with Crippen LogP contribution in [-0.4, -0.2) is 5.54 Å². The molecule has 1 unspecified atom stereocenters. The molecule has 0 aromatic heterocycles. The third kappa shape index (κ3) is 0.371. The average Bonchev–Trinajstić information content (AvgIpc) is 2.36. The molecule has 0 fully saturated rings. The molecular weight excluding hydrogens is 122 g/mol. The maximum Gasteiger partial charge on any atom is 0.0639 e. The lowest BCUT2D eigenvalue weighted by molar-refractivity contribution is 0.641. The van der Waals surface area contributed by atoms with Crippen LogP contribution in [0.25, 0.3) is 0 Å². The van der Waals surface area contributed by atoms with E-state index in [0.29, 0.717) is 0 Å². The van der Waals surface area contributed by atoms with Crippen LogP contribution in [0.5, 0.6) is 0 Å². The van der Waals surface area contributed by atoms with E-state index in [0.717, 1.165) is 6.42 Å². The maximum atomic E-state index is 6.09. The van der Waals surface area contributed by atoms with Gasteiger partial charge in [-0.05, 0) is 24.0 Å². The quantitative estimate of drug-likeness (QED) is 0.526. The van der Waals surface area contributed by atoms with Crippen molar-refractivity contribution < 1.29 is 0 Å². The molecule has 3 aliphatic carbocycles. The molecule has 1 heteroatoms. The third-order valence-electron chi connectivity index (χ3n) is 2.68. The van der Waals surface area contributed by atoms with E-state index < -0.39 is 0 Å². The molecule has 0 saturated heterocycles. The molecule has 10 heavy (non-hydrogen) atoms. The monoisotopic (exact) mass is 131 g/mol. The van der Waals surface area contributed by atoms with E-state index in [1.807, 2.05) is 0 Å². The molecule has 0 spiro atoms. The zero-order valence-corrected chi connectivity index (χ0v) is 5.72. The van der Waals surface area contributed by atoms with Gasteiger partial charge in [0.05, 0.1) is 5.54 Å². The molecule has 3 rings (SSSR count). The lowest BCUT2D eigenvalue weighted by atomic mass is 9.90.